The van der Waals surface area contributed by atoms with E-state index in [0.29, 0.717) is 6.04 Å². The van der Waals surface area contributed by atoms with Gasteiger partial charge >= 0.3 is 0 Å². The molecule has 0 amide bonds. The zero-order valence-electron chi connectivity index (χ0n) is 11.4. The van der Waals surface area contributed by atoms with Crippen molar-refractivity contribution in [2.75, 3.05) is 5.32 Å². The molecule has 2 aromatic rings. The van der Waals surface area contributed by atoms with Crippen LogP contribution in [0.4, 0.5) is 5.95 Å². The summed E-state index contributed by atoms with van der Waals surface area (Å²) in [5.41, 5.74) is 2.41. The van der Waals surface area contributed by atoms with Crippen LogP contribution in [0.5, 0.6) is 0 Å². The van der Waals surface area contributed by atoms with Gasteiger partial charge in [-0.2, -0.15) is 0 Å². The first-order valence-electron chi connectivity index (χ1n) is 6.53. The molecule has 1 aromatic carbocycles. The van der Waals surface area contributed by atoms with Gasteiger partial charge in [0.2, 0.25) is 5.95 Å². The molecule has 0 fully saturated rings. The Hall–Kier alpha value is -1.77. The summed E-state index contributed by atoms with van der Waals surface area (Å²) in [5.74, 6) is 0.971. The van der Waals surface area contributed by atoms with Crippen molar-refractivity contribution in [1.82, 2.24) is 9.55 Å². The highest BCUT2D eigenvalue weighted by Gasteiger charge is 2.08. The van der Waals surface area contributed by atoms with Crippen LogP contribution in [0, 0.1) is 6.92 Å². The molecule has 0 aliphatic carbocycles. The molecule has 2 rings (SSSR count). The zero-order valence-corrected chi connectivity index (χ0v) is 11.4. The molecule has 0 aliphatic heterocycles. The maximum Gasteiger partial charge on any atom is 0.203 e. The Morgan fingerprint density at radius 1 is 1.28 bits per heavy atom. The third kappa shape index (κ3) is 3.13. The van der Waals surface area contributed by atoms with Gasteiger partial charge in [0, 0.05) is 18.8 Å². The molecule has 1 unspecified atom stereocenters. The topological polar surface area (TPSA) is 29.9 Å². The van der Waals surface area contributed by atoms with Crippen molar-refractivity contribution in [3.05, 3.63) is 47.8 Å². The monoisotopic (exact) mass is 243 g/mol. The Labute approximate surface area is 109 Å². The number of hydrogen-bond acceptors (Lipinski definition) is 2. The van der Waals surface area contributed by atoms with E-state index in [1.807, 2.05) is 6.92 Å². The summed E-state index contributed by atoms with van der Waals surface area (Å²) in [4.78, 5) is 4.51. The fourth-order valence-electron chi connectivity index (χ4n) is 2.14. The van der Waals surface area contributed by atoms with E-state index in [2.05, 4.69) is 65.2 Å². The minimum Gasteiger partial charge on any atom is -0.353 e. The first-order chi connectivity index (χ1) is 8.69. The Kier molecular flexibility index (Phi) is 4.03. The van der Waals surface area contributed by atoms with Crippen molar-refractivity contribution in [2.24, 2.45) is 0 Å². The van der Waals surface area contributed by atoms with Crippen molar-refractivity contribution in [3.63, 3.8) is 0 Å². The van der Waals surface area contributed by atoms with Crippen molar-refractivity contribution < 1.29 is 0 Å². The summed E-state index contributed by atoms with van der Waals surface area (Å²) in [6, 6.07) is 10.9. The lowest BCUT2D eigenvalue weighted by atomic mass is 10.1. The molecule has 0 radical (unpaired) electrons. The van der Waals surface area contributed by atoms with Gasteiger partial charge in [0.05, 0.1) is 5.69 Å². The number of hydrogen-bond donors (Lipinski definition) is 1. The predicted octanol–water partition coefficient (Wildman–Crippen LogP) is 3.25. The summed E-state index contributed by atoms with van der Waals surface area (Å²) in [6.45, 7) is 7.30. The van der Waals surface area contributed by atoms with E-state index in [9.17, 15) is 0 Å². The highest BCUT2D eigenvalue weighted by atomic mass is 15.2. The van der Waals surface area contributed by atoms with Gasteiger partial charge in [-0.05, 0) is 32.8 Å². The number of nitrogens with zero attached hydrogens (tertiary/aromatic N) is 2. The van der Waals surface area contributed by atoms with E-state index in [-0.39, 0.29) is 0 Å². The SMILES string of the molecule is CCn1cc(C)nc1NC(C)Cc1ccccc1. The highest BCUT2D eigenvalue weighted by molar-refractivity contribution is 5.31. The number of anilines is 1. The third-order valence-electron chi connectivity index (χ3n) is 3.00. The van der Waals surface area contributed by atoms with Crippen LogP contribution in [0.1, 0.15) is 25.1 Å². The lowest BCUT2D eigenvalue weighted by molar-refractivity contribution is 0.723. The summed E-state index contributed by atoms with van der Waals surface area (Å²) >= 11 is 0. The fourth-order valence-corrected chi connectivity index (χ4v) is 2.14. The Bertz CT molecular complexity index is 488. The van der Waals surface area contributed by atoms with E-state index in [4.69, 9.17) is 0 Å². The molecule has 0 aliphatic rings. The maximum absolute atomic E-state index is 4.51. The molecule has 1 heterocycles. The Balaban J connectivity index is 2.00. The van der Waals surface area contributed by atoms with Crippen LogP contribution in [0.25, 0.3) is 0 Å². The Morgan fingerprint density at radius 2 is 2.00 bits per heavy atom. The number of imidazole rings is 1. The predicted molar refractivity (Wildman–Crippen MR) is 75.9 cm³/mol. The van der Waals surface area contributed by atoms with Gasteiger partial charge in [0.1, 0.15) is 0 Å². The average molecular weight is 243 g/mol. The third-order valence-corrected chi connectivity index (χ3v) is 3.00. The smallest absolute Gasteiger partial charge is 0.203 e. The first kappa shape index (κ1) is 12.7. The molecule has 3 heteroatoms. The zero-order chi connectivity index (χ0) is 13.0. The van der Waals surface area contributed by atoms with Gasteiger partial charge in [-0.3, -0.25) is 0 Å². The van der Waals surface area contributed by atoms with Crippen LogP contribution >= 0.6 is 0 Å². The van der Waals surface area contributed by atoms with Crippen LogP contribution in [-0.2, 0) is 13.0 Å². The summed E-state index contributed by atoms with van der Waals surface area (Å²) in [6.07, 6.45) is 3.09. The van der Waals surface area contributed by atoms with Gasteiger partial charge in [-0.1, -0.05) is 30.3 Å². The van der Waals surface area contributed by atoms with Crippen LogP contribution in [0.15, 0.2) is 36.5 Å². The normalized spacial score (nSPS) is 12.4. The van der Waals surface area contributed by atoms with Gasteiger partial charge in [-0.25, -0.2) is 4.98 Å². The molecular weight excluding hydrogens is 222 g/mol. The number of aryl methyl sites for hydroxylation is 2. The van der Waals surface area contributed by atoms with Crippen molar-refractivity contribution in [3.8, 4) is 0 Å². The lowest BCUT2D eigenvalue weighted by Crippen LogP contribution is -2.20. The van der Waals surface area contributed by atoms with Crippen LogP contribution in [-0.4, -0.2) is 15.6 Å². The molecule has 0 saturated carbocycles. The molecule has 1 N–H and O–H groups in total. The molecule has 96 valence electrons. The molecule has 3 nitrogen and oxygen atoms in total. The molecule has 0 bridgehead atoms. The van der Waals surface area contributed by atoms with Gasteiger partial charge in [0.25, 0.3) is 0 Å². The summed E-state index contributed by atoms with van der Waals surface area (Å²) in [5, 5.41) is 3.48. The van der Waals surface area contributed by atoms with E-state index >= 15 is 0 Å². The molecular formula is C15H21N3. The molecule has 18 heavy (non-hydrogen) atoms. The summed E-state index contributed by atoms with van der Waals surface area (Å²) < 4.78 is 2.15. The van der Waals surface area contributed by atoms with Crippen molar-refractivity contribution in [1.29, 1.82) is 0 Å². The maximum atomic E-state index is 4.51. The lowest BCUT2D eigenvalue weighted by Gasteiger charge is -2.15. The largest absolute Gasteiger partial charge is 0.353 e. The van der Waals surface area contributed by atoms with Gasteiger partial charge < -0.3 is 9.88 Å². The minimum absolute atomic E-state index is 0.375. The van der Waals surface area contributed by atoms with Crippen molar-refractivity contribution >= 4 is 5.95 Å². The van der Waals surface area contributed by atoms with E-state index in [1.54, 1.807) is 0 Å². The number of benzene rings is 1. The molecule has 1 aromatic heterocycles. The van der Waals surface area contributed by atoms with Gasteiger partial charge in [-0.15, -0.1) is 0 Å². The molecule has 0 spiro atoms. The summed E-state index contributed by atoms with van der Waals surface area (Å²) in [7, 11) is 0. The fraction of sp³-hybridized carbons (Fsp3) is 0.400. The second-order valence-electron chi connectivity index (χ2n) is 4.73. The second kappa shape index (κ2) is 5.71. The first-order valence-corrected chi connectivity index (χ1v) is 6.53. The van der Waals surface area contributed by atoms with E-state index in [1.165, 1.54) is 5.56 Å². The van der Waals surface area contributed by atoms with E-state index < -0.39 is 0 Å². The van der Waals surface area contributed by atoms with Crippen LogP contribution in [0.3, 0.4) is 0 Å². The Morgan fingerprint density at radius 3 is 2.67 bits per heavy atom. The average Bonchev–Trinajstić information content (AvgIpc) is 2.70. The standard InChI is InChI=1S/C15H21N3/c1-4-18-11-13(3)17-15(18)16-12(2)10-14-8-6-5-7-9-14/h5-9,11-12H,4,10H2,1-3H3,(H,16,17). The molecule has 0 saturated heterocycles. The quantitative estimate of drug-likeness (QED) is 0.873. The molecule has 1 atom stereocenters. The van der Waals surface area contributed by atoms with Gasteiger partial charge in [0.15, 0.2) is 0 Å². The number of rotatable bonds is 5. The number of nitrogens with one attached hydrogen (secondary N) is 1. The number of aromatic nitrogens is 2. The van der Waals surface area contributed by atoms with E-state index in [0.717, 1.165) is 24.6 Å². The highest BCUT2D eigenvalue weighted by Crippen LogP contribution is 2.11. The van der Waals surface area contributed by atoms with Crippen molar-refractivity contribution in [2.45, 2.75) is 39.8 Å². The van der Waals surface area contributed by atoms with Crippen LogP contribution < -0.4 is 5.32 Å². The minimum atomic E-state index is 0.375. The second-order valence-corrected chi connectivity index (χ2v) is 4.73. The van der Waals surface area contributed by atoms with Crippen LogP contribution in [0.2, 0.25) is 0 Å².